The van der Waals surface area contributed by atoms with Gasteiger partial charge in [-0.05, 0) is 61.0 Å². The smallest absolute Gasteiger partial charge is 0.221 e. The average molecular weight is 354 g/mol. The van der Waals surface area contributed by atoms with Crippen molar-refractivity contribution in [2.75, 3.05) is 13.1 Å². The number of benzene rings is 2. The molecule has 1 fully saturated rings. The van der Waals surface area contributed by atoms with E-state index in [1.54, 1.807) is 6.07 Å². The fourth-order valence-corrected chi connectivity index (χ4v) is 3.73. The van der Waals surface area contributed by atoms with Crippen molar-refractivity contribution in [3.8, 4) is 0 Å². The van der Waals surface area contributed by atoms with E-state index in [1.165, 1.54) is 25.0 Å². The lowest BCUT2D eigenvalue weighted by Crippen LogP contribution is -2.36. The molecule has 3 unspecified atom stereocenters. The Hall–Kier alpha value is -2.20. The Balaban J connectivity index is 1.72. The summed E-state index contributed by atoms with van der Waals surface area (Å²) in [6, 6.07) is 15.8. The molecule has 2 aromatic carbocycles. The molecule has 0 aromatic heterocycles. The summed E-state index contributed by atoms with van der Waals surface area (Å²) < 4.78 is 13.7. The van der Waals surface area contributed by atoms with Gasteiger partial charge in [-0.2, -0.15) is 0 Å². The summed E-state index contributed by atoms with van der Waals surface area (Å²) >= 11 is 0. The summed E-state index contributed by atoms with van der Waals surface area (Å²) in [5, 5.41) is 6.54. The first-order valence-electron chi connectivity index (χ1n) is 9.44. The van der Waals surface area contributed by atoms with Crippen molar-refractivity contribution >= 4 is 5.91 Å². The van der Waals surface area contributed by atoms with Crippen LogP contribution in [0.1, 0.15) is 43.4 Å². The zero-order valence-corrected chi connectivity index (χ0v) is 15.2. The van der Waals surface area contributed by atoms with Crippen LogP contribution in [0.15, 0.2) is 54.6 Å². The molecular weight excluding hydrogens is 327 g/mol. The highest BCUT2D eigenvalue weighted by molar-refractivity contribution is 5.77. The van der Waals surface area contributed by atoms with Gasteiger partial charge in [-0.15, -0.1) is 0 Å². The predicted molar refractivity (Wildman–Crippen MR) is 102 cm³/mol. The molecule has 2 aromatic rings. The molecule has 1 aliphatic heterocycles. The molecule has 0 radical (unpaired) electrons. The Bertz CT molecular complexity index is 713. The summed E-state index contributed by atoms with van der Waals surface area (Å²) in [7, 11) is 0. The number of nitrogens with one attached hydrogen (secondary N) is 2. The molecule has 138 valence electrons. The highest BCUT2D eigenvalue weighted by atomic mass is 19.1. The zero-order chi connectivity index (χ0) is 18.4. The van der Waals surface area contributed by atoms with Gasteiger partial charge >= 0.3 is 0 Å². The second-order valence-electron chi connectivity index (χ2n) is 7.25. The molecular formula is C22H27FN2O. The van der Waals surface area contributed by atoms with Gasteiger partial charge in [-0.3, -0.25) is 4.79 Å². The summed E-state index contributed by atoms with van der Waals surface area (Å²) in [6.07, 6.45) is 2.84. The highest BCUT2D eigenvalue weighted by Gasteiger charge is 2.24. The van der Waals surface area contributed by atoms with E-state index in [0.717, 1.165) is 24.2 Å². The van der Waals surface area contributed by atoms with Gasteiger partial charge in [0.15, 0.2) is 0 Å². The van der Waals surface area contributed by atoms with Crippen molar-refractivity contribution in [2.45, 2.75) is 32.2 Å². The molecule has 0 spiro atoms. The summed E-state index contributed by atoms with van der Waals surface area (Å²) in [5.74, 6) is 0.589. The lowest BCUT2D eigenvalue weighted by molar-refractivity contribution is -0.122. The molecule has 0 aliphatic carbocycles. The van der Waals surface area contributed by atoms with E-state index in [0.29, 0.717) is 18.3 Å². The Labute approximate surface area is 155 Å². The van der Waals surface area contributed by atoms with Gasteiger partial charge in [0.1, 0.15) is 5.82 Å². The topological polar surface area (TPSA) is 41.1 Å². The molecule has 26 heavy (non-hydrogen) atoms. The quantitative estimate of drug-likeness (QED) is 0.821. The maximum Gasteiger partial charge on any atom is 0.221 e. The van der Waals surface area contributed by atoms with Gasteiger partial charge in [0, 0.05) is 6.42 Å². The maximum absolute atomic E-state index is 13.7. The van der Waals surface area contributed by atoms with Crippen LogP contribution in [0.4, 0.5) is 4.39 Å². The number of carbonyl (C=O) groups excluding carboxylic acids is 1. The van der Waals surface area contributed by atoms with E-state index >= 15 is 0 Å². The number of amides is 1. The molecule has 1 heterocycles. The second-order valence-corrected chi connectivity index (χ2v) is 7.25. The van der Waals surface area contributed by atoms with Crippen LogP contribution in [0.5, 0.6) is 0 Å². The Morgan fingerprint density at radius 1 is 1.19 bits per heavy atom. The number of halogens is 1. The molecule has 1 amide bonds. The average Bonchev–Trinajstić information content (AvgIpc) is 2.67. The van der Waals surface area contributed by atoms with Crippen LogP contribution >= 0.6 is 0 Å². The van der Waals surface area contributed by atoms with Crippen LogP contribution in [0, 0.1) is 17.7 Å². The van der Waals surface area contributed by atoms with E-state index in [-0.39, 0.29) is 17.8 Å². The third-order valence-corrected chi connectivity index (χ3v) is 5.27. The van der Waals surface area contributed by atoms with Gasteiger partial charge in [-0.1, -0.05) is 49.4 Å². The van der Waals surface area contributed by atoms with Crippen molar-refractivity contribution in [3.05, 3.63) is 71.5 Å². The van der Waals surface area contributed by atoms with Crippen molar-refractivity contribution in [1.29, 1.82) is 0 Å². The lowest BCUT2D eigenvalue weighted by atomic mass is 9.85. The molecule has 0 bridgehead atoms. The standard InChI is InChI=1S/C22H27FN2O/c1-16(19-10-6-12-24-15-19)13-21(26)25-22(17-7-3-2-4-8-17)18-9-5-11-20(23)14-18/h2-5,7-9,11,14,16,19,22,24H,6,10,12-13,15H2,1H3,(H,25,26). The van der Waals surface area contributed by atoms with E-state index < -0.39 is 0 Å². The van der Waals surface area contributed by atoms with Crippen molar-refractivity contribution in [3.63, 3.8) is 0 Å². The number of hydrogen-bond acceptors (Lipinski definition) is 2. The zero-order valence-electron chi connectivity index (χ0n) is 15.2. The summed E-state index contributed by atoms with van der Waals surface area (Å²) in [5.41, 5.74) is 1.72. The largest absolute Gasteiger partial charge is 0.345 e. The van der Waals surface area contributed by atoms with Crippen LogP contribution in [0.2, 0.25) is 0 Å². The third kappa shape index (κ3) is 4.92. The number of hydrogen-bond donors (Lipinski definition) is 2. The Morgan fingerprint density at radius 2 is 1.96 bits per heavy atom. The van der Waals surface area contributed by atoms with E-state index in [1.807, 2.05) is 36.4 Å². The number of carbonyl (C=O) groups is 1. The number of rotatable bonds is 6. The van der Waals surface area contributed by atoms with Crippen LogP contribution in [0.3, 0.4) is 0 Å². The van der Waals surface area contributed by atoms with Gasteiger partial charge in [0.2, 0.25) is 5.91 Å². The maximum atomic E-state index is 13.7. The van der Waals surface area contributed by atoms with Crippen molar-refractivity contribution < 1.29 is 9.18 Å². The normalized spacial score (nSPS) is 19.5. The minimum atomic E-state index is -0.337. The number of piperidine rings is 1. The first-order valence-corrected chi connectivity index (χ1v) is 9.44. The first-order chi connectivity index (χ1) is 12.6. The lowest BCUT2D eigenvalue weighted by Gasteiger charge is -2.28. The van der Waals surface area contributed by atoms with Gasteiger partial charge in [0.25, 0.3) is 0 Å². The van der Waals surface area contributed by atoms with E-state index in [4.69, 9.17) is 0 Å². The molecule has 3 rings (SSSR count). The SMILES string of the molecule is CC(CC(=O)NC(c1ccccc1)c1cccc(F)c1)C1CCCNC1. The highest BCUT2D eigenvalue weighted by Crippen LogP contribution is 2.25. The minimum Gasteiger partial charge on any atom is -0.345 e. The molecule has 3 atom stereocenters. The first kappa shape index (κ1) is 18.6. The van der Waals surface area contributed by atoms with Gasteiger partial charge in [0.05, 0.1) is 6.04 Å². The van der Waals surface area contributed by atoms with Crippen LogP contribution in [0.25, 0.3) is 0 Å². The fraction of sp³-hybridized carbons (Fsp3) is 0.409. The monoisotopic (exact) mass is 354 g/mol. The van der Waals surface area contributed by atoms with E-state index in [9.17, 15) is 9.18 Å². The van der Waals surface area contributed by atoms with Crippen molar-refractivity contribution in [2.24, 2.45) is 11.8 Å². The third-order valence-electron chi connectivity index (χ3n) is 5.27. The summed E-state index contributed by atoms with van der Waals surface area (Å²) in [4.78, 5) is 12.7. The van der Waals surface area contributed by atoms with Crippen LogP contribution in [-0.4, -0.2) is 19.0 Å². The molecule has 4 heteroatoms. The van der Waals surface area contributed by atoms with Gasteiger partial charge < -0.3 is 10.6 Å². The van der Waals surface area contributed by atoms with E-state index in [2.05, 4.69) is 17.6 Å². The molecule has 1 saturated heterocycles. The Morgan fingerprint density at radius 3 is 2.65 bits per heavy atom. The molecule has 3 nitrogen and oxygen atoms in total. The minimum absolute atomic E-state index is 0.0150. The molecule has 2 N–H and O–H groups in total. The van der Waals surface area contributed by atoms with Crippen molar-refractivity contribution in [1.82, 2.24) is 10.6 Å². The molecule has 1 aliphatic rings. The van der Waals surface area contributed by atoms with Crippen LogP contribution < -0.4 is 10.6 Å². The second kappa shape index (κ2) is 8.95. The summed E-state index contributed by atoms with van der Waals surface area (Å²) in [6.45, 7) is 4.21. The Kier molecular flexibility index (Phi) is 6.40. The van der Waals surface area contributed by atoms with Crippen LogP contribution in [-0.2, 0) is 4.79 Å². The fourth-order valence-electron chi connectivity index (χ4n) is 3.73. The molecule has 0 saturated carbocycles. The predicted octanol–water partition coefficient (Wildman–Crippen LogP) is 4.06. The van der Waals surface area contributed by atoms with Gasteiger partial charge in [-0.25, -0.2) is 4.39 Å².